The van der Waals surface area contributed by atoms with Crippen molar-refractivity contribution in [2.75, 3.05) is 45.9 Å². The van der Waals surface area contributed by atoms with E-state index in [9.17, 15) is 0 Å². The molecule has 20 aromatic rings. The molecule has 0 atom stereocenters. The second kappa shape index (κ2) is 29.3. The van der Waals surface area contributed by atoms with E-state index in [0.717, 1.165) is 50.0 Å². The number of hydrogen-bond acceptors (Lipinski definition) is 24. The molecule has 16 N–H and O–H groups in total. The van der Waals surface area contributed by atoms with E-state index in [0.29, 0.717) is 176 Å². The molecule has 0 saturated heterocycles. The highest BCUT2D eigenvalue weighted by atomic mass is 16.4. The number of nitrogens with two attached hydrogens (primary N) is 8. The number of fused-ring (bicyclic) bond motifs is 8. The predicted molar refractivity (Wildman–Crippen MR) is 432 cm³/mol. The standard InChI is InChI=1S/4C20H14N4O2.4CH4/c21-13-5-1-3-11(7-13)19-23-15-9-18-16(10-17(15)25-19)24-20(26-18)12-4-2-6-14(22)8-12;21-13-5-1-3-11(7-13)19-23-15-9-16-18(10-17(15)25-19)26-20(24-16)12-4-2-6-14(22)8-12;21-13-6-4-11(5-7-13)19-23-15-9-18-16(10-17(15)25-19)24-20(26-18)12-2-1-3-14(22)8-12;21-13-6-4-11(5-7-13)19-23-15-9-16-18(10-17(15)25-19)26-20(24-16)12-2-1-3-14(22)8-12;;;;/h4*1-10H,21-22H2;4*1H4. The summed E-state index contributed by atoms with van der Waals surface area (Å²) in [5, 5.41) is 0. The number of nitrogen functional groups attached to an aromatic ring is 8. The number of anilines is 8. The third-order valence-corrected chi connectivity index (χ3v) is 16.7. The monoisotopic (exact) mass is 1430 g/mol. The number of hydrogen-bond donors (Lipinski definition) is 8. The number of nitrogens with zero attached hydrogens (tertiary/aromatic N) is 8. The zero-order valence-corrected chi connectivity index (χ0v) is 54.6. The van der Waals surface area contributed by atoms with Crippen LogP contribution in [0.3, 0.4) is 0 Å². The van der Waals surface area contributed by atoms with Gasteiger partial charge in [0.25, 0.3) is 0 Å². The van der Waals surface area contributed by atoms with Gasteiger partial charge in [-0.15, -0.1) is 0 Å². The van der Waals surface area contributed by atoms with Crippen molar-refractivity contribution in [1.29, 1.82) is 0 Å². The van der Waals surface area contributed by atoms with E-state index < -0.39 is 0 Å². The van der Waals surface area contributed by atoms with Crippen LogP contribution in [0.2, 0.25) is 0 Å². The van der Waals surface area contributed by atoms with Crippen molar-refractivity contribution in [3.05, 3.63) is 243 Å². The molecule has 8 heterocycles. The second-order valence-electron chi connectivity index (χ2n) is 24.3. The Morgan fingerprint density at radius 2 is 0.324 bits per heavy atom. The van der Waals surface area contributed by atoms with Crippen molar-refractivity contribution >= 4 is 134 Å². The van der Waals surface area contributed by atoms with Crippen LogP contribution in [0.25, 0.3) is 180 Å². The van der Waals surface area contributed by atoms with Gasteiger partial charge in [-0.25, -0.2) is 39.9 Å². The van der Waals surface area contributed by atoms with Crippen LogP contribution < -0.4 is 45.9 Å². The fourth-order valence-electron chi connectivity index (χ4n) is 11.7. The first-order valence-electron chi connectivity index (χ1n) is 32.3. The van der Waals surface area contributed by atoms with Gasteiger partial charge < -0.3 is 81.2 Å². The van der Waals surface area contributed by atoms with E-state index >= 15 is 0 Å². The van der Waals surface area contributed by atoms with E-state index in [-0.39, 0.29) is 29.7 Å². The van der Waals surface area contributed by atoms with Gasteiger partial charge in [0, 0.05) is 126 Å². The molecule has 0 aliphatic heterocycles. The number of benzene rings is 12. The van der Waals surface area contributed by atoms with Crippen LogP contribution >= 0.6 is 0 Å². The average Bonchev–Trinajstić information content (AvgIpc) is 1.64. The number of oxazole rings is 8. The van der Waals surface area contributed by atoms with Gasteiger partial charge in [-0.3, -0.25) is 0 Å². The van der Waals surface area contributed by atoms with Crippen molar-refractivity contribution in [3.63, 3.8) is 0 Å². The van der Waals surface area contributed by atoms with Crippen molar-refractivity contribution in [3.8, 4) is 91.6 Å². The normalized spacial score (nSPS) is 11.0. The third-order valence-electron chi connectivity index (χ3n) is 16.7. The molecule has 0 radical (unpaired) electrons. The van der Waals surface area contributed by atoms with Gasteiger partial charge in [0.2, 0.25) is 47.1 Å². The molecular formula is C84H72N16O8. The zero-order valence-electron chi connectivity index (χ0n) is 54.6. The second-order valence-corrected chi connectivity index (χ2v) is 24.3. The van der Waals surface area contributed by atoms with Crippen molar-refractivity contribution in [1.82, 2.24) is 39.9 Å². The summed E-state index contributed by atoms with van der Waals surface area (Å²) in [7, 11) is 0. The fourth-order valence-corrected chi connectivity index (χ4v) is 11.7. The Morgan fingerprint density at radius 1 is 0.157 bits per heavy atom. The van der Waals surface area contributed by atoms with Crippen molar-refractivity contribution < 1.29 is 35.3 Å². The molecule has 108 heavy (non-hydrogen) atoms. The van der Waals surface area contributed by atoms with Gasteiger partial charge in [0.1, 0.15) is 44.1 Å². The summed E-state index contributed by atoms with van der Waals surface area (Å²) in [5.74, 6) is 4.13. The largest absolute Gasteiger partial charge is 0.436 e. The summed E-state index contributed by atoms with van der Waals surface area (Å²) in [6.07, 6.45) is 0. The first kappa shape index (κ1) is 71.2. The first-order chi connectivity index (χ1) is 50.6. The topological polar surface area (TPSA) is 416 Å². The van der Waals surface area contributed by atoms with Gasteiger partial charge in [-0.1, -0.05) is 66.1 Å². The molecule has 0 bridgehead atoms. The molecular weight excluding hydrogens is 1360 g/mol. The minimum Gasteiger partial charge on any atom is -0.436 e. The van der Waals surface area contributed by atoms with E-state index in [2.05, 4.69) is 39.9 Å². The minimum absolute atomic E-state index is 0. The van der Waals surface area contributed by atoms with E-state index in [1.54, 1.807) is 12.1 Å². The van der Waals surface area contributed by atoms with Crippen LogP contribution in [0, 0.1) is 0 Å². The maximum Gasteiger partial charge on any atom is 0.227 e. The van der Waals surface area contributed by atoms with Crippen LogP contribution in [-0.4, -0.2) is 39.9 Å². The lowest BCUT2D eigenvalue weighted by atomic mass is 10.2. The maximum atomic E-state index is 5.88. The molecule has 8 aromatic heterocycles. The lowest BCUT2D eigenvalue weighted by Crippen LogP contribution is -1.84. The lowest BCUT2D eigenvalue weighted by molar-refractivity contribution is 0.608. The van der Waals surface area contributed by atoms with Gasteiger partial charge in [-0.05, 0) is 170 Å². The van der Waals surface area contributed by atoms with Crippen LogP contribution in [0.4, 0.5) is 45.5 Å². The van der Waals surface area contributed by atoms with Crippen LogP contribution in [0.5, 0.6) is 0 Å². The molecule has 20 rings (SSSR count). The summed E-state index contributed by atoms with van der Waals surface area (Å²) in [4.78, 5) is 36.4. The van der Waals surface area contributed by atoms with E-state index in [1.807, 2.05) is 231 Å². The molecule has 0 unspecified atom stereocenters. The SMILES string of the molecule is C.C.C.C.Nc1ccc(-c2nc3cc4nc(-c5cccc(N)c5)oc4cc3o2)cc1.Nc1ccc(-c2nc3cc4oc(-c5cccc(N)c5)nc4cc3o2)cc1.Nc1cccc(-c2nc3cc4nc(-c5cccc(N)c5)oc4cc3o2)c1.Nc1cccc(-c2nc3cc4oc(-c5cccc(N)c5)nc4cc3o2)c1. The Hall–Kier alpha value is -15.2. The Morgan fingerprint density at radius 3 is 0.509 bits per heavy atom. The molecule has 0 aliphatic carbocycles. The highest BCUT2D eigenvalue weighted by Gasteiger charge is 2.20. The third kappa shape index (κ3) is 14.5. The zero-order chi connectivity index (χ0) is 70.7. The van der Waals surface area contributed by atoms with Crippen LogP contribution in [-0.2, 0) is 0 Å². The number of rotatable bonds is 8. The van der Waals surface area contributed by atoms with Gasteiger partial charge in [-0.2, -0.15) is 0 Å². The predicted octanol–water partition coefficient (Wildman–Crippen LogP) is 20.4. The molecule has 0 fully saturated rings. The quantitative estimate of drug-likeness (QED) is 0.0655. The Kier molecular flexibility index (Phi) is 19.3. The summed E-state index contributed by atoms with van der Waals surface area (Å²) >= 11 is 0. The summed E-state index contributed by atoms with van der Waals surface area (Å²) in [6.45, 7) is 0. The highest BCUT2D eigenvalue weighted by molar-refractivity contribution is 5.95. The molecule has 12 aromatic carbocycles. The van der Waals surface area contributed by atoms with Crippen LogP contribution in [0.1, 0.15) is 29.7 Å². The smallest absolute Gasteiger partial charge is 0.227 e. The Labute approximate surface area is 616 Å². The number of aromatic nitrogens is 8. The van der Waals surface area contributed by atoms with Crippen molar-refractivity contribution in [2.45, 2.75) is 29.7 Å². The van der Waals surface area contributed by atoms with E-state index in [1.165, 1.54) is 0 Å². The van der Waals surface area contributed by atoms with Gasteiger partial charge >= 0.3 is 0 Å². The Bertz CT molecular complexity index is 5850. The molecule has 0 saturated carbocycles. The molecule has 0 amide bonds. The van der Waals surface area contributed by atoms with Gasteiger partial charge in [0.05, 0.1) is 0 Å². The maximum absolute atomic E-state index is 5.88. The Balaban J connectivity index is 0.000000125. The molecule has 536 valence electrons. The lowest BCUT2D eigenvalue weighted by Gasteiger charge is -1.96. The van der Waals surface area contributed by atoms with E-state index in [4.69, 9.17) is 81.2 Å². The highest BCUT2D eigenvalue weighted by Crippen LogP contribution is 2.37. The summed E-state index contributed by atoms with van der Waals surface area (Å²) < 4.78 is 47.0. The first-order valence-corrected chi connectivity index (χ1v) is 32.3. The molecule has 0 aliphatic rings. The fraction of sp³-hybridized carbons (Fsp3) is 0.0476. The molecule has 0 spiro atoms. The average molecular weight is 1430 g/mol. The minimum atomic E-state index is 0. The van der Waals surface area contributed by atoms with Crippen LogP contribution in [0.15, 0.2) is 278 Å². The summed E-state index contributed by atoms with van der Waals surface area (Å²) in [6, 6.07) is 73.9. The summed E-state index contributed by atoms with van der Waals surface area (Å²) in [5.41, 5.74) is 69.3. The molecule has 24 nitrogen and oxygen atoms in total. The van der Waals surface area contributed by atoms with Crippen molar-refractivity contribution in [2.24, 2.45) is 0 Å². The van der Waals surface area contributed by atoms with Gasteiger partial charge in [0.15, 0.2) is 44.7 Å². The molecule has 24 heteroatoms.